The Bertz CT molecular complexity index is 869. The van der Waals surface area contributed by atoms with Crippen molar-refractivity contribution < 1.29 is 14.0 Å². The molecule has 3 amide bonds. The monoisotopic (exact) mass is 389 g/mol. The average molecular weight is 389 g/mol. The Morgan fingerprint density at radius 3 is 2.96 bits per heavy atom. The van der Waals surface area contributed by atoms with Gasteiger partial charge in [-0.2, -0.15) is 0 Å². The van der Waals surface area contributed by atoms with Crippen LogP contribution in [-0.4, -0.2) is 58.5 Å². The Kier molecular flexibility index (Phi) is 5.88. The van der Waals surface area contributed by atoms with Crippen LogP contribution in [0.4, 0.5) is 14.9 Å². The first kappa shape index (κ1) is 19.7. The van der Waals surface area contributed by atoms with Gasteiger partial charge in [0, 0.05) is 26.3 Å². The third-order valence-corrected chi connectivity index (χ3v) is 4.79. The highest BCUT2D eigenvalue weighted by Crippen LogP contribution is 2.20. The van der Waals surface area contributed by atoms with E-state index in [9.17, 15) is 14.0 Å². The number of aryl methyl sites for hydroxylation is 1. The molecule has 0 aliphatic carbocycles. The Morgan fingerprint density at radius 2 is 2.21 bits per heavy atom. The van der Waals surface area contributed by atoms with Crippen LogP contribution in [0.25, 0.3) is 0 Å². The van der Waals surface area contributed by atoms with Gasteiger partial charge < -0.3 is 20.9 Å². The number of benzene rings is 1. The fourth-order valence-electron chi connectivity index (χ4n) is 3.11. The van der Waals surface area contributed by atoms with Crippen molar-refractivity contribution in [1.29, 1.82) is 0 Å². The molecule has 150 valence electrons. The first-order chi connectivity index (χ1) is 13.4. The van der Waals surface area contributed by atoms with Crippen LogP contribution in [0, 0.1) is 12.7 Å². The summed E-state index contributed by atoms with van der Waals surface area (Å²) in [5, 5.41) is 16.7. The quantitative estimate of drug-likeness (QED) is 0.709. The largest absolute Gasteiger partial charge is 0.358 e. The smallest absolute Gasteiger partial charge is 0.321 e. The van der Waals surface area contributed by atoms with E-state index in [1.165, 1.54) is 17.0 Å². The highest BCUT2D eigenvalue weighted by atomic mass is 19.1. The second-order valence-electron chi connectivity index (χ2n) is 6.90. The minimum absolute atomic E-state index is 0.0256. The van der Waals surface area contributed by atoms with E-state index in [0.717, 1.165) is 5.56 Å². The van der Waals surface area contributed by atoms with Crippen LogP contribution in [0.2, 0.25) is 0 Å². The summed E-state index contributed by atoms with van der Waals surface area (Å²) >= 11 is 0. The van der Waals surface area contributed by atoms with Crippen molar-refractivity contribution >= 4 is 17.6 Å². The van der Waals surface area contributed by atoms with Gasteiger partial charge in [-0.25, -0.2) is 13.9 Å². The van der Waals surface area contributed by atoms with Gasteiger partial charge in [0.05, 0.1) is 24.8 Å². The first-order valence-corrected chi connectivity index (χ1v) is 9.01. The molecular formula is C18H24FN7O2. The van der Waals surface area contributed by atoms with Gasteiger partial charge in [-0.15, -0.1) is 5.10 Å². The molecule has 0 spiro atoms. The zero-order chi connectivity index (χ0) is 20.3. The maximum atomic E-state index is 13.4. The van der Waals surface area contributed by atoms with Gasteiger partial charge in [0.2, 0.25) is 5.91 Å². The van der Waals surface area contributed by atoms with Crippen molar-refractivity contribution in [3.63, 3.8) is 0 Å². The van der Waals surface area contributed by atoms with E-state index >= 15 is 0 Å². The number of halogens is 1. The van der Waals surface area contributed by atoms with E-state index in [2.05, 4.69) is 26.3 Å². The molecule has 3 rings (SSSR count). The molecule has 1 saturated heterocycles. The highest BCUT2D eigenvalue weighted by molar-refractivity contribution is 5.89. The lowest BCUT2D eigenvalue weighted by atomic mass is 10.1. The lowest BCUT2D eigenvalue weighted by molar-refractivity contribution is -0.122. The molecule has 0 saturated carbocycles. The summed E-state index contributed by atoms with van der Waals surface area (Å²) in [5.74, 6) is -0.460. The lowest BCUT2D eigenvalue weighted by Crippen LogP contribution is -2.38. The standard InChI is InChI=1S/C18H24FN7O2/c1-11-4-5-12(19)6-15(11)22-18(28)25(3)9-13-10-26(24-23-13)14-7-16(21-8-14)17(27)20-2/h4-6,10,14,16,21H,7-9H2,1-3H3,(H,20,27)(H,22,28). The molecule has 1 aliphatic heterocycles. The maximum Gasteiger partial charge on any atom is 0.321 e. The highest BCUT2D eigenvalue weighted by Gasteiger charge is 2.30. The van der Waals surface area contributed by atoms with Crippen molar-refractivity contribution in [2.45, 2.75) is 32.0 Å². The third kappa shape index (κ3) is 4.45. The Hall–Kier alpha value is -3.01. The van der Waals surface area contributed by atoms with E-state index < -0.39 is 5.82 Å². The molecule has 3 N–H and O–H groups in total. The summed E-state index contributed by atoms with van der Waals surface area (Å²) < 4.78 is 15.1. The number of anilines is 1. The van der Waals surface area contributed by atoms with Crippen LogP contribution in [0.1, 0.15) is 23.7 Å². The minimum atomic E-state index is -0.410. The van der Waals surface area contributed by atoms with Gasteiger partial charge >= 0.3 is 6.03 Å². The Morgan fingerprint density at radius 1 is 1.43 bits per heavy atom. The van der Waals surface area contributed by atoms with Crippen LogP contribution in [-0.2, 0) is 11.3 Å². The van der Waals surface area contributed by atoms with Crippen molar-refractivity contribution in [1.82, 2.24) is 30.5 Å². The van der Waals surface area contributed by atoms with E-state index in [4.69, 9.17) is 0 Å². The van der Waals surface area contributed by atoms with Crippen molar-refractivity contribution in [2.75, 3.05) is 26.0 Å². The topological polar surface area (TPSA) is 104 Å². The summed E-state index contributed by atoms with van der Waals surface area (Å²) in [6, 6.07) is 3.65. The molecule has 2 heterocycles. The van der Waals surface area contributed by atoms with E-state index in [1.807, 2.05) is 0 Å². The number of nitrogens with zero attached hydrogens (tertiary/aromatic N) is 4. The molecule has 0 bridgehead atoms. The van der Waals surface area contributed by atoms with Crippen molar-refractivity contribution in [3.8, 4) is 0 Å². The number of carbonyl (C=O) groups excluding carboxylic acids is 2. The average Bonchev–Trinajstić information content (AvgIpc) is 3.33. The lowest BCUT2D eigenvalue weighted by Gasteiger charge is -2.17. The SMILES string of the molecule is CNC(=O)C1CC(n2cc(CN(C)C(=O)Nc3cc(F)ccc3C)nn2)CN1. The first-order valence-electron chi connectivity index (χ1n) is 9.01. The van der Waals surface area contributed by atoms with E-state index in [-0.39, 0.29) is 30.6 Å². The molecule has 28 heavy (non-hydrogen) atoms. The van der Waals surface area contributed by atoms with Crippen LogP contribution in [0.15, 0.2) is 24.4 Å². The summed E-state index contributed by atoms with van der Waals surface area (Å²) in [6.45, 7) is 2.66. The number of likely N-dealkylation sites (N-methyl/N-ethyl adjacent to an activating group) is 1. The molecule has 2 aromatic rings. The molecule has 2 unspecified atom stereocenters. The molecule has 1 aromatic heterocycles. The molecule has 2 atom stereocenters. The number of urea groups is 1. The number of nitrogens with one attached hydrogen (secondary N) is 3. The van der Waals surface area contributed by atoms with Gasteiger partial charge in [0.1, 0.15) is 11.5 Å². The van der Waals surface area contributed by atoms with Crippen LogP contribution >= 0.6 is 0 Å². The van der Waals surface area contributed by atoms with Crippen molar-refractivity contribution in [2.24, 2.45) is 0 Å². The third-order valence-electron chi connectivity index (χ3n) is 4.79. The normalized spacial score (nSPS) is 18.7. The predicted molar refractivity (Wildman–Crippen MR) is 101 cm³/mol. The fraction of sp³-hybridized carbons (Fsp3) is 0.444. The molecular weight excluding hydrogens is 365 g/mol. The Labute approximate surface area is 162 Å². The molecule has 1 fully saturated rings. The van der Waals surface area contributed by atoms with Gasteiger partial charge in [-0.3, -0.25) is 4.79 Å². The van der Waals surface area contributed by atoms with Gasteiger partial charge in [-0.1, -0.05) is 11.3 Å². The van der Waals surface area contributed by atoms with Crippen molar-refractivity contribution in [3.05, 3.63) is 41.5 Å². The molecule has 9 nitrogen and oxygen atoms in total. The fourth-order valence-corrected chi connectivity index (χ4v) is 3.11. The molecule has 0 radical (unpaired) electrons. The van der Waals surface area contributed by atoms with Gasteiger partial charge in [0.15, 0.2) is 0 Å². The second kappa shape index (κ2) is 8.34. The van der Waals surface area contributed by atoms with Crippen LogP contribution in [0.5, 0.6) is 0 Å². The summed E-state index contributed by atoms with van der Waals surface area (Å²) in [7, 11) is 3.23. The molecule has 1 aromatic carbocycles. The van der Waals surface area contributed by atoms with Crippen LogP contribution < -0.4 is 16.0 Å². The zero-order valence-electron chi connectivity index (χ0n) is 16.1. The summed E-state index contributed by atoms with van der Waals surface area (Å²) in [4.78, 5) is 25.5. The predicted octanol–water partition coefficient (Wildman–Crippen LogP) is 1.04. The van der Waals surface area contributed by atoms with Crippen LogP contribution in [0.3, 0.4) is 0 Å². The number of carbonyl (C=O) groups is 2. The molecule has 1 aliphatic rings. The molecule has 10 heteroatoms. The number of amides is 3. The van der Waals surface area contributed by atoms with Gasteiger partial charge in [-0.05, 0) is 31.0 Å². The zero-order valence-corrected chi connectivity index (χ0v) is 16.1. The number of hydrogen-bond acceptors (Lipinski definition) is 5. The van der Waals surface area contributed by atoms with E-state index in [1.54, 1.807) is 38.0 Å². The number of aromatic nitrogens is 3. The van der Waals surface area contributed by atoms with Gasteiger partial charge in [0.25, 0.3) is 0 Å². The maximum absolute atomic E-state index is 13.4. The summed E-state index contributed by atoms with van der Waals surface area (Å²) in [5.41, 5.74) is 1.82. The number of hydrogen-bond donors (Lipinski definition) is 3. The second-order valence-corrected chi connectivity index (χ2v) is 6.90. The Balaban J connectivity index is 1.58. The van der Waals surface area contributed by atoms with E-state index in [0.29, 0.717) is 24.3 Å². The summed E-state index contributed by atoms with van der Waals surface area (Å²) in [6.07, 6.45) is 2.40. The number of rotatable bonds is 5. The minimum Gasteiger partial charge on any atom is -0.358 e.